The topological polar surface area (TPSA) is 134 Å². The summed E-state index contributed by atoms with van der Waals surface area (Å²) in [4.78, 5) is 45.0. The molecular weight excluding hydrogens is 416 g/mol. The Hall–Kier alpha value is -3.53. The van der Waals surface area contributed by atoms with E-state index in [4.69, 9.17) is 19.9 Å². The third kappa shape index (κ3) is 5.79. The number of nitrogens with two attached hydrogens (primary N) is 1. The molecule has 2 aromatic rings. The largest absolute Gasteiger partial charge is 0.493 e. The molecule has 2 heterocycles. The van der Waals surface area contributed by atoms with E-state index in [9.17, 15) is 14.4 Å². The average molecular weight is 442 g/mol. The molecule has 32 heavy (non-hydrogen) atoms. The van der Waals surface area contributed by atoms with Crippen LogP contribution in [-0.4, -0.2) is 72.0 Å². The minimum Gasteiger partial charge on any atom is -0.493 e. The zero-order valence-corrected chi connectivity index (χ0v) is 18.1. The summed E-state index contributed by atoms with van der Waals surface area (Å²) in [6.45, 7) is 2.67. The normalized spacial score (nSPS) is 15.8. The SMILES string of the molecule is COc1cc(CCC(C)=O)ccc1OCC1CN(C(=O)c2nccnc2C(N)=O)CCO1. The molecule has 0 saturated carbocycles. The number of Topliss-reactive ketones (excluding diaryl/α,β-unsaturated/α-hetero) is 1. The van der Waals surface area contributed by atoms with Crippen molar-refractivity contribution in [3.63, 3.8) is 0 Å². The van der Waals surface area contributed by atoms with Crippen LogP contribution < -0.4 is 15.2 Å². The fraction of sp³-hybridized carbons (Fsp3) is 0.409. The molecule has 1 atom stereocenters. The molecular formula is C22H26N4O6. The standard InChI is InChI=1S/C22H26N4O6/c1-14(27)3-4-15-5-6-17(18(11-15)30-2)32-13-16-12-26(9-10-31-16)22(29)20-19(21(23)28)24-7-8-25-20/h5-8,11,16H,3-4,9-10,12-13H2,1-2H3,(H2,23,28). The van der Waals surface area contributed by atoms with Crippen LogP contribution in [0, 0.1) is 0 Å². The first-order chi connectivity index (χ1) is 15.4. The Morgan fingerprint density at radius 1 is 1.19 bits per heavy atom. The van der Waals surface area contributed by atoms with Gasteiger partial charge < -0.3 is 29.6 Å². The van der Waals surface area contributed by atoms with Crippen molar-refractivity contribution in [1.82, 2.24) is 14.9 Å². The van der Waals surface area contributed by atoms with Gasteiger partial charge in [-0.25, -0.2) is 9.97 Å². The third-order valence-electron chi connectivity index (χ3n) is 4.98. The number of morpholine rings is 1. The summed E-state index contributed by atoms with van der Waals surface area (Å²) in [6.07, 6.45) is 3.36. The molecule has 0 aliphatic carbocycles. The number of aromatic nitrogens is 2. The van der Waals surface area contributed by atoms with Crippen molar-refractivity contribution < 1.29 is 28.6 Å². The van der Waals surface area contributed by atoms with Gasteiger partial charge in [-0.1, -0.05) is 6.07 Å². The highest BCUT2D eigenvalue weighted by atomic mass is 16.5. The van der Waals surface area contributed by atoms with Gasteiger partial charge in [-0.05, 0) is 31.0 Å². The van der Waals surface area contributed by atoms with Crippen LogP contribution in [0.1, 0.15) is 39.9 Å². The number of rotatable bonds is 9. The van der Waals surface area contributed by atoms with Gasteiger partial charge in [0.25, 0.3) is 11.8 Å². The number of methoxy groups -OCH3 is 1. The fourth-order valence-corrected chi connectivity index (χ4v) is 3.32. The van der Waals surface area contributed by atoms with Crippen molar-refractivity contribution in [1.29, 1.82) is 0 Å². The van der Waals surface area contributed by atoms with Crippen molar-refractivity contribution in [3.8, 4) is 11.5 Å². The Bertz CT molecular complexity index is 996. The van der Waals surface area contributed by atoms with Crippen LogP contribution in [0.5, 0.6) is 11.5 Å². The summed E-state index contributed by atoms with van der Waals surface area (Å²) in [5, 5.41) is 0. The highest BCUT2D eigenvalue weighted by molar-refractivity contribution is 6.03. The number of benzene rings is 1. The van der Waals surface area contributed by atoms with Crippen LogP contribution >= 0.6 is 0 Å². The molecule has 2 N–H and O–H groups in total. The number of hydrogen-bond donors (Lipinski definition) is 1. The molecule has 3 rings (SSSR count). The maximum atomic E-state index is 12.9. The van der Waals surface area contributed by atoms with E-state index in [2.05, 4.69) is 9.97 Å². The minimum absolute atomic E-state index is 0.0793. The Balaban J connectivity index is 1.63. The van der Waals surface area contributed by atoms with E-state index in [1.54, 1.807) is 20.1 Å². The minimum atomic E-state index is -0.812. The van der Waals surface area contributed by atoms with Crippen molar-refractivity contribution >= 4 is 17.6 Å². The first-order valence-corrected chi connectivity index (χ1v) is 10.2. The molecule has 170 valence electrons. The molecule has 0 radical (unpaired) electrons. The smallest absolute Gasteiger partial charge is 0.275 e. The molecule has 0 spiro atoms. The van der Waals surface area contributed by atoms with Crippen LogP contribution in [0.2, 0.25) is 0 Å². The zero-order chi connectivity index (χ0) is 23.1. The monoisotopic (exact) mass is 442 g/mol. The lowest BCUT2D eigenvalue weighted by Gasteiger charge is -2.32. The summed E-state index contributed by atoms with van der Waals surface area (Å²) in [5.74, 6) is -0.0279. The second-order valence-corrected chi connectivity index (χ2v) is 7.36. The van der Waals surface area contributed by atoms with Gasteiger partial charge in [-0.2, -0.15) is 0 Å². The third-order valence-corrected chi connectivity index (χ3v) is 4.98. The number of ketones is 1. The average Bonchev–Trinajstić information content (AvgIpc) is 2.81. The van der Waals surface area contributed by atoms with Crippen molar-refractivity contribution in [2.24, 2.45) is 5.73 Å². The Labute approximate surface area is 185 Å². The van der Waals surface area contributed by atoms with Crippen LogP contribution in [-0.2, 0) is 16.0 Å². The zero-order valence-electron chi connectivity index (χ0n) is 18.1. The molecule has 1 unspecified atom stereocenters. The lowest BCUT2D eigenvalue weighted by atomic mass is 10.1. The number of carbonyl (C=O) groups is 3. The van der Waals surface area contributed by atoms with E-state index in [-0.39, 0.29) is 36.4 Å². The lowest BCUT2D eigenvalue weighted by molar-refractivity contribution is -0.116. The number of amides is 2. The quantitative estimate of drug-likeness (QED) is 0.608. The van der Waals surface area contributed by atoms with Gasteiger partial charge in [0.1, 0.15) is 18.5 Å². The second-order valence-electron chi connectivity index (χ2n) is 7.36. The van der Waals surface area contributed by atoms with Gasteiger partial charge in [0.05, 0.1) is 20.3 Å². The van der Waals surface area contributed by atoms with Crippen molar-refractivity contribution in [2.45, 2.75) is 25.9 Å². The molecule has 1 saturated heterocycles. The molecule has 1 aromatic heterocycles. The summed E-state index contributed by atoms with van der Waals surface area (Å²) in [6, 6.07) is 5.52. The number of aryl methyl sites for hydroxylation is 1. The van der Waals surface area contributed by atoms with Crippen LogP contribution in [0.15, 0.2) is 30.6 Å². The Kier molecular flexibility index (Phi) is 7.72. The fourth-order valence-electron chi connectivity index (χ4n) is 3.32. The number of nitrogens with zero attached hydrogens (tertiary/aromatic N) is 3. The number of carbonyl (C=O) groups excluding carboxylic acids is 3. The maximum absolute atomic E-state index is 12.9. The van der Waals surface area contributed by atoms with Crippen LogP contribution in [0.25, 0.3) is 0 Å². The molecule has 10 heteroatoms. The predicted octanol–water partition coefficient (Wildman–Crippen LogP) is 1.03. The summed E-state index contributed by atoms with van der Waals surface area (Å²) >= 11 is 0. The Morgan fingerprint density at radius 2 is 1.94 bits per heavy atom. The second kappa shape index (κ2) is 10.7. The van der Waals surface area contributed by atoms with E-state index < -0.39 is 11.8 Å². The predicted molar refractivity (Wildman–Crippen MR) is 114 cm³/mol. The van der Waals surface area contributed by atoms with E-state index >= 15 is 0 Å². The number of primary amides is 1. The first kappa shape index (κ1) is 23.1. The van der Waals surface area contributed by atoms with Gasteiger partial charge in [0.15, 0.2) is 22.9 Å². The van der Waals surface area contributed by atoms with E-state index in [0.717, 1.165) is 5.56 Å². The maximum Gasteiger partial charge on any atom is 0.275 e. The summed E-state index contributed by atoms with van der Waals surface area (Å²) < 4.78 is 17.0. The molecule has 1 aromatic carbocycles. The highest BCUT2D eigenvalue weighted by Crippen LogP contribution is 2.29. The summed E-state index contributed by atoms with van der Waals surface area (Å²) in [5.41, 5.74) is 6.04. The van der Waals surface area contributed by atoms with Crippen LogP contribution in [0.4, 0.5) is 0 Å². The van der Waals surface area contributed by atoms with Gasteiger partial charge in [0.2, 0.25) is 0 Å². The van der Waals surface area contributed by atoms with Crippen molar-refractivity contribution in [3.05, 3.63) is 47.5 Å². The van der Waals surface area contributed by atoms with Crippen LogP contribution in [0.3, 0.4) is 0 Å². The van der Waals surface area contributed by atoms with Gasteiger partial charge in [-0.15, -0.1) is 0 Å². The lowest BCUT2D eigenvalue weighted by Crippen LogP contribution is -2.48. The van der Waals surface area contributed by atoms with E-state index in [0.29, 0.717) is 37.5 Å². The molecule has 2 amide bonds. The highest BCUT2D eigenvalue weighted by Gasteiger charge is 2.29. The molecule has 0 bridgehead atoms. The van der Waals surface area contributed by atoms with E-state index in [1.165, 1.54) is 17.3 Å². The van der Waals surface area contributed by atoms with Crippen molar-refractivity contribution in [2.75, 3.05) is 33.4 Å². The number of hydrogen-bond acceptors (Lipinski definition) is 8. The van der Waals surface area contributed by atoms with Gasteiger partial charge in [-0.3, -0.25) is 9.59 Å². The molecule has 1 aliphatic heterocycles. The molecule has 1 fully saturated rings. The Morgan fingerprint density at radius 3 is 2.62 bits per heavy atom. The molecule has 10 nitrogen and oxygen atoms in total. The molecule has 1 aliphatic rings. The van der Waals surface area contributed by atoms with Gasteiger partial charge in [0, 0.05) is 25.4 Å². The first-order valence-electron chi connectivity index (χ1n) is 10.2. The summed E-state index contributed by atoms with van der Waals surface area (Å²) in [7, 11) is 1.55. The van der Waals surface area contributed by atoms with Gasteiger partial charge >= 0.3 is 0 Å². The number of ether oxygens (including phenoxy) is 3. The van der Waals surface area contributed by atoms with E-state index in [1.807, 2.05) is 12.1 Å².